The van der Waals surface area contributed by atoms with Crippen molar-refractivity contribution in [3.8, 4) is 0 Å². The monoisotopic (exact) mass is 330 g/mol. The van der Waals surface area contributed by atoms with Crippen LogP contribution < -0.4 is 11.1 Å². The first kappa shape index (κ1) is 17.3. The zero-order valence-electron chi connectivity index (χ0n) is 11.0. The van der Waals surface area contributed by atoms with Crippen LogP contribution in [0.2, 0.25) is 5.02 Å². The molecule has 0 spiro atoms. The third-order valence-corrected chi connectivity index (χ3v) is 3.98. The lowest BCUT2D eigenvalue weighted by Gasteiger charge is -2.12. The van der Waals surface area contributed by atoms with Crippen LogP contribution in [0.25, 0.3) is 0 Å². The summed E-state index contributed by atoms with van der Waals surface area (Å²) in [7, 11) is 0. The Hall–Kier alpha value is -1.73. The van der Waals surface area contributed by atoms with Gasteiger partial charge in [0.05, 0.1) is 11.4 Å². The van der Waals surface area contributed by atoms with E-state index in [1.165, 1.54) is 11.8 Å². The summed E-state index contributed by atoms with van der Waals surface area (Å²) in [5.41, 5.74) is 4.93. The number of carboxylic acid groups (broad SMARTS) is 1. The molecule has 21 heavy (non-hydrogen) atoms. The van der Waals surface area contributed by atoms with E-state index in [2.05, 4.69) is 5.32 Å². The first-order valence-electron chi connectivity index (χ1n) is 6.08. The Morgan fingerprint density at radius 3 is 2.57 bits per heavy atom. The minimum absolute atomic E-state index is 0.110. The predicted octanol–water partition coefficient (Wildman–Crippen LogP) is 1.27. The van der Waals surface area contributed by atoms with Crippen molar-refractivity contribution in [1.29, 1.82) is 0 Å². The molecule has 1 rings (SSSR count). The van der Waals surface area contributed by atoms with Crippen LogP contribution in [0, 0.1) is 0 Å². The maximum Gasteiger partial charge on any atom is 0.326 e. The molecular formula is C13H15ClN2O4S. The van der Waals surface area contributed by atoms with Crippen LogP contribution in [0.15, 0.2) is 29.2 Å². The molecular weight excluding hydrogens is 316 g/mol. The van der Waals surface area contributed by atoms with Gasteiger partial charge in [-0.3, -0.25) is 9.59 Å². The molecule has 0 heterocycles. The normalized spacial score (nSPS) is 11.7. The Morgan fingerprint density at radius 1 is 1.33 bits per heavy atom. The van der Waals surface area contributed by atoms with Gasteiger partial charge in [-0.2, -0.15) is 0 Å². The zero-order chi connectivity index (χ0) is 15.8. The number of carboxylic acids is 1. The number of primary amides is 1. The molecule has 4 N–H and O–H groups in total. The molecule has 0 aliphatic heterocycles. The number of benzene rings is 1. The van der Waals surface area contributed by atoms with Crippen LogP contribution in [-0.2, 0) is 14.4 Å². The SMILES string of the molecule is NC(=O)C[C@H](NC(=O)CCSc1ccccc1Cl)C(=O)O. The van der Waals surface area contributed by atoms with Crippen molar-refractivity contribution < 1.29 is 19.5 Å². The molecule has 8 heteroatoms. The lowest BCUT2D eigenvalue weighted by atomic mass is 10.2. The number of rotatable bonds is 8. The van der Waals surface area contributed by atoms with Crippen molar-refractivity contribution >= 4 is 41.1 Å². The number of hydrogen-bond donors (Lipinski definition) is 3. The van der Waals surface area contributed by atoms with Crippen molar-refractivity contribution in [2.45, 2.75) is 23.8 Å². The van der Waals surface area contributed by atoms with Gasteiger partial charge in [0.15, 0.2) is 0 Å². The largest absolute Gasteiger partial charge is 0.480 e. The zero-order valence-corrected chi connectivity index (χ0v) is 12.6. The van der Waals surface area contributed by atoms with Gasteiger partial charge in [0, 0.05) is 17.1 Å². The fourth-order valence-electron chi connectivity index (χ4n) is 1.48. The fourth-order valence-corrected chi connectivity index (χ4v) is 2.67. The number of hydrogen-bond acceptors (Lipinski definition) is 4. The molecule has 1 aromatic carbocycles. The van der Waals surface area contributed by atoms with Gasteiger partial charge >= 0.3 is 5.97 Å². The molecule has 0 radical (unpaired) electrons. The van der Waals surface area contributed by atoms with Gasteiger partial charge in [-0.15, -0.1) is 11.8 Å². The smallest absolute Gasteiger partial charge is 0.326 e. The van der Waals surface area contributed by atoms with Gasteiger partial charge in [-0.25, -0.2) is 4.79 Å². The molecule has 114 valence electrons. The van der Waals surface area contributed by atoms with Crippen LogP contribution in [0.1, 0.15) is 12.8 Å². The molecule has 1 atom stereocenters. The van der Waals surface area contributed by atoms with Crippen molar-refractivity contribution in [2.75, 3.05) is 5.75 Å². The van der Waals surface area contributed by atoms with Crippen molar-refractivity contribution in [2.24, 2.45) is 5.73 Å². The first-order valence-corrected chi connectivity index (χ1v) is 7.44. The second kappa shape index (κ2) is 8.53. The highest BCUT2D eigenvalue weighted by molar-refractivity contribution is 7.99. The highest BCUT2D eigenvalue weighted by Gasteiger charge is 2.21. The van der Waals surface area contributed by atoms with Crippen LogP contribution >= 0.6 is 23.4 Å². The molecule has 1 aromatic rings. The minimum atomic E-state index is -1.29. The summed E-state index contributed by atoms with van der Waals surface area (Å²) >= 11 is 7.37. The van der Waals surface area contributed by atoms with Gasteiger partial charge in [0.1, 0.15) is 6.04 Å². The number of carbonyl (C=O) groups excluding carboxylic acids is 2. The van der Waals surface area contributed by atoms with Crippen molar-refractivity contribution in [3.05, 3.63) is 29.3 Å². The highest BCUT2D eigenvalue weighted by Crippen LogP contribution is 2.26. The number of thioether (sulfide) groups is 1. The van der Waals surface area contributed by atoms with E-state index in [1.807, 2.05) is 12.1 Å². The first-order chi connectivity index (χ1) is 9.90. The molecule has 0 saturated carbocycles. The Morgan fingerprint density at radius 2 is 2.00 bits per heavy atom. The second-order valence-electron chi connectivity index (χ2n) is 4.16. The van der Waals surface area contributed by atoms with E-state index in [0.717, 1.165) is 4.90 Å². The minimum Gasteiger partial charge on any atom is -0.480 e. The second-order valence-corrected chi connectivity index (χ2v) is 5.70. The number of nitrogens with one attached hydrogen (secondary N) is 1. The molecule has 0 saturated heterocycles. The lowest BCUT2D eigenvalue weighted by Crippen LogP contribution is -2.43. The standard InChI is InChI=1S/C13H15ClN2O4S/c14-8-3-1-2-4-10(8)21-6-5-12(18)16-9(13(19)20)7-11(15)17/h1-4,9H,5-7H2,(H2,15,17)(H,16,18)(H,19,20)/t9-/m0/s1. The van der Waals surface area contributed by atoms with E-state index < -0.39 is 30.2 Å². The molecule has 0 aromatic heterocycles. The maximum absolute atomic E-state index is 11.6. The number of halogens is 1. The number of carbonyl (C=O) groups is 3. The van der Waals surface area contributed by atoms with E-state index >= 15 is 0 Å². The molecule has 0 aliphatic rings. The van der Waals surface area contributed by atoms with Crippen LogP contribution in [0.3, 0.4) is 0 Å². The summed E-state index contributed by atoms with van der Waals surface area (Å²) in [5, 5.41) is 11.7. The van der Waals surface area contributed by atoms with E-state index in [0.29, 0.717) is 10.8 Å². The number of aliphatic carboxylic acids is 1. The van der Waals surface area contributed by atoms with E-state index in [1.54, 1.807) is 12.1 Å². The summed E-state index contributed by atoms with van der Waals surface area (Å²) in [6, 6.07) is 5.93. The van der Waals surface area contributed by atoms with Crippen molar-refractivity contribution in [1.82, 2.24) is 5.32 Å². The summed E-state index contributed by atoms with van der Waals surface area (Å²) in [4.78, 5) is 34.1. The predicted molar refractivity (Wildman–Crippen MR) is 80.2 cm³/mol. The lowest BCUT2D eigenvalue weighted by molar-refractivity contribution is -0.143. The van der Waals surface area contributed by atoms with Crippen LogP contribution in [0.5, 0.6) is 0 Å². The summed E-state index contributed by atoms with van der Waals surface area (Å²) in [5.74, 6) is -2.09. The van der Waals surface area contributed by atoms with E-state index in [9.17, 15) is 14.4 Å². The molecule has 2 amide bonds. The summed E-state index contributed by atoms with van der Waals surface area (Å²) in [6.45, 7) is 0. The topological polar surface area (TPSA) is 109 Å². The third kappa shape index (κ3) is 6.50. The summed E-state index contributed by atoms with van der Waals surface area (Å²) in [6.07, 6.45) is -0.322. The van der Waals surface area contributed by atoms with Gasteiger partial charge in [0.2, 0.25) is 11.8 Å². The third-order valence-electron chi connectivity index (χ3n) is 2.46. The fraction of sp³-hybridized carbons (Fsp3) is 0.308. The molecule has 0 bridgehead atoms. The average molecular weight is 331 g/mol. The Labute approximate surface area is 131 Å². The van der Waals surface area contributed by atoms with Crippen LogP contribution in [0.4, 0.5) is 0 Å². The Bertz CT molecular complexity index is 539. The van der Waals surface area contributed by atoms with Gasteiger partial charge in [-0.1, -0.05) is 23.7 Å². The van der Waals surface area contributed by atoms with Crippen molar-refractivity contribution in [3.63, 3.8) is 0 Å². The average Bonchev–Trinajstić information content (AvgIpc) is 2.39. The number of amides is 2. The van der Waals surface area contributed by atoms with Gasteiger partial charge in [-0.05, 0) is 12.1 Å². The Balaban J connectivity index is 2.41. The summed E-state index contributed by atoms with van der Waals surface area (Å²) < 4.78 is 0. The van der Waals surface area contributed by atoms with Crippen LogP contribution in [-0.4, -0.2) is 34.7 Å². The Kier molecular flexibility index (Phi) is 7.04. The highest BCUT2D eigenvalue weighted by atomic mass is 35.5. The molecule has 0 fully saturated rings. The molecule has 0 aliphatic carbocycles. The molecule has 6 nitrogen and oxygen atoms in total. The van der Waals surface area contributed by atoms with E-state index in [4.69, 9.17) is 22.4 Å². The van der Waals surface area contributed by atoms with E-state index in [-0.39, 0.29) is 6.42 Å². The van der Waals surface area contributed by atoms with Gasteiger partial charge in [0.25, 0.3) is 0 Å². The maximum atomic E-state index is 11.6. The number of nitrogens with two attached hydrogens (primary N) is 1. The molecule has 0 unspecified atom stereocenters. The van der Waals surface area contributed by atoms with Gasteiger partial charge < -0.3 is 16.2 Å². The quantitative estimate of drug-likeness (QED) is 0.622.